The van der Waals surface area contributed by atoms with Crippen molar-refractivity contribution in [2.45, 2.75) is 45.4 Å². The maximum Gasteiger partial charge on any atom is 0.264 e. The number of benzene rings is 3. The van der Waals surface area contributed by atoms with Gasteiger partial charge < -0.3 is 5.32 Å². The van der Waals surface area contributed by atoms with Gasteiger partial charge in [-0.15, -0.1) is 0 Å². The van der Waals surface area contributed by atoms with Crippen LogP contribution in [0.2, 0.25) is 0 Å². The molecule has 3 rings (SSSR count). The van der Waals surface area contributed by atoms with Crippen molar-refractivity contribution in [3.63, 3.8) is 0 Å². The Bertz CT molecular complexity index is 1160. The first-order valence-corrected chi connectivity index (χ1v) is 12.3. The van der Waals surface area contributed by atoms with Crippen LogP contribution in [0.3, 0.4) is 0 Å². The van der Waals surface area contributed by atoms with Gasteiger partial charge in [0.1, 0.15) is 6.54 Å². The average molecular weight is 451 g/mol. The SMILES string of the molecule is CCc1cccc(CC)c1NC(=O)CN(c1cc(C)cc(C)c1)S(=O)(=O)c1ccccc1. The van der Waals surface area contributed by atoms with Gasteiger partial charge in [-0.05, 0) is 73.2 Å². The number of sulfonamides is 1. The molecule has 5 nitrogen and oxygen atoms in total. The summed E-state index contributed by atoms with van der Waals surface area (Å²) in [7, 11) is -3.93. The Hall–Kier alpha value is -3.12. The van der Waals surface area contributed by atoms with Gasteiger partial charge in [0.2, 0.25) is 5.91 Å². The molecule has 6 heteroatoms. The smallest absolute Gasteiger partial charge is 0.264 e. The number of nitrogens with one attached hydrogen (secondary N) is 1. The molecule has 168 valence electrons. The number of aryl methyl sites for hydroxylation is 4. The third kappa shape index (κ3) is 5.19. The molecule has 0 saturated heterocycles. The van der Waals surface area contributed by atoms with Crippen LogP contribution >= 0.6 is 0 Å². The van der Waals surface area contributed by atoms with Crippen LogP contribution in [0.15, 0.2) is 71.6 Å². The zero-order valence-electron chi connectivity index (χ0n) is 19.1. The molecule has 1 N–H and O–H groups in total. The normalized spacial score (nSPS) is 11.2. The van der Waals surface area contributed by atoms with Crippen molar-refractivity contribution >= 4 is 27.3 Å². The second-order valence-corrected chi connectivity index (χ2v) is 9.74. The Kier molecular flexibility index (Phi) is 7.36. The van der Waals surface area contributed by atoms with Crippen LogP contribution in [0.25, 0.3) is 0 Å². The summed E-state index contributed by atoms with van der Waals surface area (Å²) >= 11 is 0. The summed E-state index contributed by atoms with van der Waals surface area (Å²) in [6.07, 6.45) is 1.54. The fraction of sp³-hybridized carbons (Fsp3) is 0.269. The van der Waals surface area contributed by atoms with Gasteiger partial charge in [0.05, 0.1) is 10.6 Å². The summed E-state index contributed by atoms with van der Waals surface area (Å²) in [5, 5.41) is 2.99. The maximum absolute atomic E-state index is 13.5. The molecular weight excluding hydrogens is 420 g/mol. The largest absolute Gasteiger partial charge is 0.324 e. The molecule has 3 aromatic rings. The van der Waals surface area contributed by atoms with Crippen LogP contribution in [0.4, 0.5) is 11.4 Å². The van der Waals surface area contributed by atoms with Crippen molar-refractivity contribution < 1.29 is 13.2 Å². The number of rotatable bonds is 8. The lowest BCUT2D eigenvalue weighted by Gasteiger charge is -2.25. The van der Waals surface area contributed by atoms with Crippen molar-refractivity contribution in [2.24, 2.45) is 0 Å². The van der Waals surface area contributed by atoms with E-state index in [1.54, 1.807) is 42.5 Å². The van der Waals surface area contributed by atoms with Crippen LogP contribution in [0.5, 0.6) is 0 Å². The van der Waals surface area contributed by atoms with Crippen molar-refractivity contribution in [2.75, 3.05) is 16.2 Å². The van der Waals surface area contributed by atoms with E-state index in [9.17, 15) is 13.2 Å². The molecule has 0 aliphatic carbocycles. The number of carbonyl (C=O) groups is 1. The summed E-state index contributed by atoms with van der Waals surface area (Å²) in [6, 6.07) is 19.7. The summed E-state index contributed by atoms with van der Waals surface area (Å²) < 4.78 is 28.3. The molecule has 0 aromatic heterocycles. The predicted octanol–water partition coefficient (Wildman–Crippen LogP) is 5.26. The Morgan fingerprint density at radius 3 is 1.94 bits per heavy atom. The van der Waals surface area contributed by atoms with E-state index >= 15 is 0 Å². The first-order valence-electron chi connectivity index (χ1n) is 10.8. The Morgan fingerprint density at radius 2 is 1.41 bits per heavy atom. The van der Waals surface area contributed by atoms with Crippen molar-refractivity contribution in [3.05, 3.63) is 89.0 Å². The zero-order chi connectivity index (χ0) is 23.3. The molecule has 3 aromatic carbocycles. The van der Waals surface area contributed by atoms with Crippen LogP contribution in [0.1, 0.15) is 36.1 Å². The van der Waals surface area contributed by atoms with Crippen LogP contribution in [0, 0.1) is 13.8 Å². The number of amides is 1. The lowest BCUT2D eigenvalue weighted by molar-refractivity contribution is -0.114. The van der Waals surface area contributed by atoms with E-state index in [0.717, 1.165) is 40.8 Å². The van der Waals surface area contributed by atoms with Crippen molar-refractivity contribution in [1.29, 1.82) is 0 Å². The van der Waals surface area contributed by atoms with E-state index in [4.69, 9.17) is 0 Å². The second kappa shape index (κ2) is 10.0. The first-order chi connectivity index (χ1) is 15.3. The van der Waals surface area contributed by atoms with Crippen molar-refractivity contribution in [1.82, 2.24) is 0 Å². The Labute approximate surface area is 191 Å². The van der Waals surface area contributed by atoms with E-state index in [1.165, 1.54) is 4.31 Å². The van der Waals surface area contributed by atoms with E-state index in [0.29, 0.717) is 5.69 Å². The summed E-state index contributed by atoms with van der Waals surface area (Å²) in [5.41, 5.74) is 5.17. The standard InChI is InChI=1S/C26H30N2O3S/c1-5-21-11-10-12-22(6-2)26(21)27-25(29)18-28(23-16-19(3)15-20(4)17-23)32(30,31)24-13-8-7-9-14-24/h7-17H,5-6,18H2,1-4H3,(H,27,29). The number of anilines is 2. The maximum atomic E-state index is 13.5. The highest BCUT2D eigenvalue weighted by Crippen LogP contribution is 2.27. The number of carbonyl (C=O) groups excluding carboxylic acids is 1. The quantitative estimate of drug-likeness (QED) is 0.509. The Morgan fingerprint density at radius 1 is 0.844 bits per heavy atom. The Balaban J connectivity index is 2.01. The fourth-order valence-electron chi connectivity index (χ4n) is 3.84. The van der Waals surface area contributed by atoms with E-state index in [1.807, 2.05) is 52.0 Å². The molecule has 0 saturated carbocycles. The van der Waals surface area contributed by atoms with Crippen LogP contribution in [-0.4, -0.2) is 20.9 Å². The number of nitrogens with zero attached hydrogens (tertiary/aromatic N) is 1. The average Bonchev–Trinajstić information content (AvgIpc) is 2.77. The molecule has 0 aliphatic rings. The molecule has 0 atom stereocenters. The van der Waals surface area contributed by atoms with Crippen LogP contribution < -0.4 is 9.62 Å². The van der Waals surface area contributed by atoms with Gasteiger partial charge in [0.25, 0.3) is 10.0 Å². The van der Waals surface area contributed by atoms with Gasteiger partial charge >= 0.3 is 0 Å². The highest BCUT2D eigenvalue weighted by atomic mass is 32.2. The monoisotopic (exact) mass is 450 g/mol. The van der Waals surface area contributed by atoms with Gasteiger partial charge in [0, 0.05) is 5.69 Å². The predicted molar refractivity (Wildman–Crippen MR) is 131 cm³/mol. The minimum Gasteiger partial charge on any atom is -0.324 e. The third-order valence-electron chi connectivity index (χ3n) is 5.38. The molecular formula is C26H30N2O3S. The molecule has 32 heavy (non-hydrogen) atoms. The van der Waals surface area contributed by atoms with E-state index in [-0.39, 0.29) is 17.3 Å². The van der Waals surface area contributed by atoms with Gasteiger partial charge in [0.15, 0.2) is 0 Å². The van der Waals surface area contributed by atoms with Crippen molar-refractivity contribution in [3.8, 4) is 0 Å². The van der Waals surface area contributed by atoms with E-state index in [2.05, 4.69) is 5.32 Å². The third-order valence-corrected chi connectivity index (χ3v) is 7.16. The molecule has 0 aliphatic heterocycles. The minimum absolute atomic E-state index is 0.148. The molecule has 0 unspecified atom stereocenters. The number of para-hydroxylation sites is 1. The lowest BCUT2D eigenvalue weighted by Crippen LogP contribution is -2.38. The zero-order valence-corrected chi connectivity index (χ0v) is 19.9. The summed E-state index contributed by atoms with van der Waals surface area (Å²) in [6.45, 7) is 7.57. The van der Waals surface area contributed by atoms with E-state index < -0.39 is 10.0 Å². The molecule has 1 amide bonds. The number of hydrogen-bond donors (Lipinski definition) is 1. The first kappa shape index (κ1) is 23.5. The minimum atomic E-state index is -3.93. The van der Waals surface area contributed by atoms with Gasteiger partial charge in [-0.3, -0.25) is 9.10 Å². The fourth-order valence-corrected chi connectivity index (χ4v) is 5.27. The topological polar surface area (TPSA) is 66.5 Å². The number of hydrogen-bond acceptors (Lipinski definition) is 3. The summed E-state index contributed by atoms with van der Waals surface area (Å²) in [4.78, 5) is 13.3. The molecule has 0 fully saturated rings. The van der Waals surface area contributed by atoms with Gasteiger partial charge in [-0.1, -0.05) is 56.3 Å². The molecule has 0 radical (unpaired) electrons. The summed E-state index contributed by atoms with van der Waals surface area (Å²) in [5.74, 6) is -0.376. The molecule has 0 spiro atoms. The van der Waals surface area contributed by atoms with Gasteiger partial charge in [-0.2, -0.15) is 0 Å². The van der Waals surface area contributed by atoms with Crippen LogP contribution in [-0.2, 0) is 27.7 Å². The van der Waals surface area contributed by atoms with Gasteiger partial charge in [-0.25, -0.2) is 8.42 Å². The highest BCUT2D eigenvalue weighted by Gasteiger charge is 2.28. The lowest BCUT2D eigenvalue weighted by atomic mass is 10.0. The molecule has 0 bridgehead atoms. The highest BCUT2D eigenvalue weighted by molar-refractivity contribution is 7.92. The second-order valence-electron chi connectivity index (χ2n) is 7.88. The molecule has 0 heterocycles.